The SMILES string of the molecule is O=C(Cn1cccc(S(=O)(=O)N2CCOCC2)c1=O)Nc1ccc(F)c(Cl)c1. The number of hydrogen-bond acceptors (Lipinski definition) is 5. The quantitative estimate of drug-likeness (QED) is 0.772. The van der Waals surface area contributed by atoms with Gasteiger partial charge in [-0.25, -0.2) is 12.8 Å². The Morgan fingerprint density at radius 3 is 2.64 bits per heavy atom. The number of anilines is 1. The van der Waals surface area contributed by atoms with Crippen LogP contribution in [0.2, 0.25) is 5.02 Å². The molecular weight excluding hydrogens is 413 g/mol. The molecule has 2 aromatic rings. The molecule has 11 heteroatoms. The van der Waals surface area contributed by atoms with Gasteiger partial charge in [0.1, 0.15) is 17.3 Å². The molecule has 1 aliphatic heterocycles. The van der Waals surface area contributed by atoms with Gasteiger partial charge in [-0.2, -0.15) is 4.31 Å². The molecule has 0 unspecified atom stereocenters. The van der Waals surface area contributed by atoms with E-state index in [2.05, 4.69) is 5.32 Å². The van der Waals surface area contributed by atoms with Crippen LogP contribution in [0.25, 0.3) is 0 Å². The number of sulfonamides is 1. The number of benzene rings is 1. The number of pyridine rings is 1. The Labute approximate surface area is 165 Å². The standard InChI is InChI=1S/C17H17ClFN3O5S/c18-13-10-12(3-4-14(13)19)20-16(23)11-21-5-1-2-15(17(21)24)28(25,26)22-6-8-27-9-7-22/h1-5,10H,6-9,11H2,(H,20,23). The van der Waals surface area contributed by atoms with Crippen LogP contribution in [0, 0.1) is 5.82 Å². The molecular formula is C17H17ClFN3O5S. The van der Waals surface area contributed by atoms with Gasteiger partial charge in [0, 0.05) is 25.0 Å². The van der Waals surface area contributed by atoms with Crippen molar-refractivity contribution in [3.05, 3.63) is 57.7 Å². The Morgan fingerprint density at radius 1 is 1.25 bits per heavy atom. The first-order valence-electron chi connectivity index (χ1n) is 8.31. The maximum Gasteiger partial charge on any atom is 0.271 e. The summed E-state index contributed by atoms with van der Waals surface area (Å²) in [5.74, 6) is -1.22. The molecule has 3 rings (SSSR count). The summed E-state index contributed by atoms with van der Waals surface area (Å²) in [6, 6.07) is 6.25. The molecule has 150 valence electrons. The van der Waals surface area contributed by atoms with Gasteiger partial charge in [0.05, 0.1) is 18.2 Å². The smallest absolute Gasteiger partial charge is 0.271 e. The van der Waals surface area contributed by atoms with Gasteiger partial charge in [-0.05, 0) is 30.3 Å². The van der Waals surface area contributed by atoms with Crippen LogP contribution in [0.5, 0.6) is 0 Å². The Balaban J connectivity index is 1.79. The van der Waals surface area contributed by atoms with E-state index in [1.165, 1.54) is 34.8 Å². The summed E-state index contributed by atoms with van der Waals surface area (Å²) < 4.78 is 45.9. The number of nitrogens with one attached hydrogen (secondary N) is 1. The minimum Gasteiger partial charge on any atom is -0.379 e. The molecule has 0 aliphatic carbocycles. The van der Waals surface area contributed by atoms with E-state index in [1.807, 2.05) is 0 Å². The molecule has 1 amide bonds. The molecule has 8 nitrogen and oxygen atoms in total. The zero-order valence-electron chi connectivity index (χ0n) is 14.6. The number of aromatic nitrogens is 1. The van der Waals surface area contributed by atoms with Crippen LogP contribution in [0.15, 0.2) is 46.2 Å². The number of carbonyl (C=O) groups excluding carboxylic acids is 1. The predicted molar refractivity (Wildman–Crippen MR) is 100 cm³/mol. The van der Waals surface area contributed by atoms with Crippen LogP contribution in [0.3, 0.4) is 0 Å². The van der Waals surface area contributed by atoms with Gasteiger partial charge in [-0.1, -0.05) is 11.6 Å². The van der Waals surface area contributed by atoms with E-state index in [0.717, 1.165) is 10.6 Å². The van der Waals surface area contributed by atoms with Gasteiger partial charge in [0.25, 0.3) is 5.56 Å². The lowest BCUT2D eigenvalue weighted by Gasteiger charge is -2.25. The Bertz CT molecular complexity index is 1050. The molecule has 0 radical (unpaired) electrons. The van der Waals surface area contributed by atoms with Gasteiger partial charge in [0.15, 0.2) is 0 Å². The molecule has 1 saturated heterocycles. The molecule has 0 atom stereocenters. The highest BCUT2D eigenvalue weighted by molar-refractivity contribution is 7.89. The van der Waals surface area contributed by atoms with Crippen molar-refractivity contribution in [3.8, 4) is 0 Å². The van der Waals surface area contributed by atoms with Crippen molar-refractivity contribution in [1.29, 1.82) is 0 Å². The number of carbonyl (C=O) groups is 1. The van der Waals surface area contributed by atoms with Crippen molar-refractivity contribution < 1.29 is 22.3 Å². The third-order valence-corrected chi connectivity index (χ3v) is 6.29. The summed E-state index contributed by atoms with van der Waals surface area (Å²) in [7, 11) is -3.99. The molecule has 1 aliphatic rings. The number of amides is 1. The minimum atomic E-state index is -3.99. The van der Waals surface area contributed by atoms with Crippen molar-refractivity contribution in [3.63, 3.8) is 0 Å². The van der Waals surface area contributed by atoms with Crippen molar-refractivity contribution in [1.82, 2.24) is 8.87 Å². The zero-order chi connectivity index (χ0) is 20.3. The number of hydrogen-bond donors (Lipinski definition) is 1. The average molecular weight is 430 g/mol. The molecule has 1 aromatic heterocycles. The average Bonchev–Trinajstić information content (AvgIpc) is 2.67. The Hall–Kier alpha value is -2.27. The monoisotopic (exact) mass is 429 g/mol. The molecule has 0 bridgehead atoms. The second kappa shape index (κ2) is 8.39. The van der Waals surface area contributed by atoms with E-state index in [0.29, 0.717) is 0 Å². The van der Waals surface area contributed by atoms with E-state index >= 15 is 0 Å². The first-order valence-corrected chi connectivity index (χ1v) is 10.1. The lowest BCUT2D eigenvalue weighted by molar-refractivity contribution is -0.116. The third kappa shape index (κ3) is 4.41. The fraction of sp³-hybridized carbons (Fsp3) is 0.294. The Kier molecular flexibility index (Phi) is 6.14. The molecule has 0 spiro atoms. The van der Waals surface area contributed by atoms with Crippen LogP contribution in [0.4, 0.5) is 10.1 Å². The lowest BCUT2D eigenvalue weighted by atomic mass is 10.3. The van der Waals surface area contributed by atoms with Crippen LogP contribution in [0.1, 0.15) is 0 Å². The summed E-state index contributed by atoms with van der Waals surface area (Å²) in [6.45, 7) is 0.400. The topological polar surface area (TPSA) is 97.7 Å². The zero-order valence-corrected chi connectivity index (χ0v) is 16.2. The Morgan fingerprint density at radius 2 is 1.96 bits per heavy atom. The third-order valence-electron chi connectivity index (χ3n) is 4.09. The minimum absolute atomic E-state index is 0.155. The summed E-state index contributed by atoms with van der Waals surface area (Å²) in [5, 5.41) is 2.32. The predicted octanol–water partition coefficient (Wildman–Crippen LogP) is 1.30. The molecule has 1 N–H and O–H groups in total. The van der Waals surface area contributed by atoms with Crippen molar-refractivity contribution in [2.24, 2.45) is 0 Å². The number of morpholine rings is 1. The highest BCUT2D eigenvalue weighted by Crippen LogP contribution is 2.19. The summed E-state index contributed by atoms with van der Waals surface area (Å²) in [4.78, 5) is 24.4. The van der Waals surface area contributed by atoms with Crippen molar-refractivity contribution >= 4 is 33.2 Å². The van der Waals surface area contributed by atoms with Gasteiger partial charge < -0.3 is 14.6 Å². The fourth-order valence-corrected chi connectivity index (χ4v) is 4.37. The first-order chi connectivity index (χ1) is 13.3. The number of ether oxygens (including phenoxy) is 1. The molecule has 2 heterocycles. The van der Waals surface area contributed by atoms with Crippen LogP contribution in [-0.4, -0.2) is 49.5 Å². The molecule has 1 fully saturated rings. The number of halogens is 2. The summed E-state index contributed by atoms with van der Waals surface area (Å²) >= 11 is 5.67. The van der Waals surface area contributed by atoms with E-state index in [-0.39, 0.29) is 37.0 Å². The normalized spacial score (nSPS) is 15.4. The van der Waals surface area contributed by atoms with E-state index < -0.39 is 38.7 Å². The van der Waals surface area contributed by atoms with Gasteiger partial charge >= 0.3 is 0 Å². The summed E-state index contributed by atoms with van der Waals surface area (Å²) in [5.41, 5.74) is -0.553. The largest absolute Gasteiger partial charge is 0.379 e. The lowest BCUT2D eigenvalue weighted by Crippen LogP contribution is -2.43. The first kappa shape index (κ1) is 20.5. The highest BCUT2D eigenvalue weighted by Gasteiger charge is 2.29. The maximum atomic E-state index is 13.2. The van der Waals surface area contributed by atoms with Crippen molar-refractivity contribution in [2.45, 2.75) is 11.4 Å². The molecule has 28 heavy (non-hydrogen) atoms. The van der Waals surface area contributed by atoms with Crippen LogP contribution >= 0.6 is 11.6 Å². The van der Waals surface area contributed by atoms with Gasteiger partial charge in [0.2, 0.25) is 15.9 Å². The van der Waals surface area contributed by atoms with Crippen LogP contribution < -0.4 is 10.9 Å². The molecule has 1 aromatic carbocycles. The van der Waals surface area contributed by atoms with Crippen molar-refractivity contribution in [2.75, 3.05) is 31.6 Å². The highest BCUT2D eigenvalue weighted by atomic mass is 35.5. The van der Waals surface area contributed by atoms with Gasteiger partial charge in [-0.15, -0.1) is 0 Å². The van der Waals surface area contributed by atoms with E-state index in [9.17, 15) is 22.4 Å². The summed E-state index contributed by atoms with van der Waals surface area (Å²) in [6.07, 6.45) is 1.32. The maximum absolute atomic E-state index is 13.2. The number of rotatable bonds is 5. The van der Waals surface area contributed by atoms with E-state index in [4.69, 9.17) is 16.3 Å². The molecule has 0 saturated carbocycles. The van der Waals surface area contributed by atoms with Crippen LogP contribution in [-0.2, 0) is 26.1 Å². The number of nitrogens with zero attached hydrogens (tertiary/aromatic N) is 2. The van der Waals surface area contributed by atoms with E-state index in [1.54, 1.807) is 0 Å². The van der Waals surface area contributed by atoms with Gasteiger partial charge in [-0.3, -0.25) is 9.59 Å². The second-order valence-corrected chi connectivity index (χ2v) is 8.31. The second-order valence-electron chi connectivity index (χ2n) is 6.00. The fourth-order valence-electron chi connectivity index (χ4n) is 2.69.